The number of benzene rings is 2. The minimum atomic E-state index is -0.203. The summed E-state index contributed by atoms with van der Waals surface area (Å²) in [6.45, 7) is 2.23. The number of fused-ring (bicyclic) bond motifs is 1. The zero-order chi connectivity index (χ0) is 16.8. The number of nitrogens with zero attached hydrogens (tertiary/aromatic N) is 2. The fourth-order valence-electron chi connectivity index (χ4n) is 2.15. The maximum atomic E-state index is 11.9. The first kappa shape index (κ1) is 16.4. The Morgan fingerprint density at radius 1 is 1.04 bits per heavy atom. The van der Waals surface area contributed by atoms with Crippen LogP contribution in [0.25, 0.3) is 11.0 Å². The quantitative estimate of drug-likeness (QED) is 0.551. The van der Waals surface area contributed by atoms with Crippen molar-refractivity contribution in [2.24, 2.45) is 0 Å². The zero-order valence-corrected chi connectivity index (χ0v) is 14.0. The van der Waals surface area contributed by atoms with Gasteiger partial charge in [0.2, 0.25) is 0 Å². The molecular formula is C18H17N3O2S. The SMILES string of the molecule is Cc1nc2ccccc2nc1SCC(=O)NOCc1ccccc1. The molecule has 1 amide bonds. The van der Waals surface area contributed by atoms with E-state index in [1.54, 1.807) is 0 Å². The number of hydrogen-bond acceptors (Lipinski definition) is 5. The number of rotatable bonds is 6. The summed E-state index contributed by atoms with van der Waals surface area (Å²) in [6, 6.07) is 17.4. The molecule has 0 aliphatic rings. The molecule has 0 saturated heterocycles. The largest absolute Gasteiger partial charge is 0.272 e. The van der Waals surface area contributed by atoms with E-state index in [9.17, 15) is 4.79 Å². The average Bonchev–Trinajstić information content (AvgIpc) is 2.61. The topological polar surface area (TPSA) is 64.1 Å². The summed E-state index contributed by atoms with van der Waals surface area (Å²) in [6.07, 6.45) is 0. The molecule has 5 nitrogen and oxygen atoms in total. The van der Waals surface area contributed by atoms with Crippen molar-refractivity contribution in [1.29, 1.82) is 0 Å². The summed E-state index contributed by atoms with van der Waals surface area (Å²) in [5.41, 5.74) is 5.95. The van der Waals surface area contributed by atoms with Gasteiger partial charge in [-0.25, -0.2) is 15.4 Å². The molecule has 6 heteroatoms. The van der Waals surface area contributed by atoms with E-state index in [0.717, 1.165) is 27.3 Å². The van der Waals surface area contributed by atoms with E-state index >= 15 is 0 Å². The Hall–Kier alpha value is -2.44. The van der Waals surface area contributed by atoms with Gasteiger partial charge in [-0.2, -0.15) is 0 Å². The Kier molecular flexibility index (Phi) is 5.40. The molecule has 1 N–H and O–H groups in total. The van der Waals surface area contributed by atoms with E-state index in [4.69, 9.17) is 4.84 Å². The number of thioether (sulfide) groups is 1. The lowest BCUT2D eigenvalue weighted by Gasteiger charge is -2.07. The van der Waals surface area contributed by atoms with Gasteiger partial charge in [0.1, 0.15) is 5.03 Å². The maximum absolute atomic E-state index is 11.9. The molecule has 24 heavy (non-hydrogen) atoms. The third-order valence-electron chi connectivity index (χ3n) is 3.31. The highest BCUT2D eigenvalue weighted by Crippen LogP contribution is 2.21. The van der Waals surface area contributed by atoms with Crippen LogP contribution in [-0.2, 0) is 16.2 Å². The van der Waals surface area contributed by atoms with Gasteiger partial charge < -0.3 is 0 Å². The van der Waals surface area contributed by atoms with Gasteiger partial charge in [0.25, 0.3) is 5.91 Å². The number of aryl methyl sites for hydroxylation is 1. The molecule has 1 aromatic heterocycles. The highest BCUT2D eigenvalue weighted by Gasteiger charge is 2.09. The first-order valence-corrected chi connectivity index (χ1v) is 8.51. The molecule has 0 bridgehead atoms. The van der Waals surface area contributed by atoms with Crippen molar-refractivity contribution in [1.82, 2.24) is 15.4 Å². The molecule has 0 saturated carbocycles. The van der Waals surface area contributed by atoms with Crippen LogP contribution in [0, 0.1) is 6.92 Å². The van der Waals surface area contributed by atoms with Crippen molar-refractivity contribution in [3.05, 3.63) is 65.9 Å². The van der Waals surface area contributed by atoms with Gasteiger partial charge in [0.05, 0.1) is 29.1 Å². The van der Waals surface area contributed by atoms with E-state index in [-0.39, 0.29) is 11.7 Å². The minimum Gasteiger partial charge on any atom is -0.272 e. The summed E-state index contributed by atoms with van der Waals surface area (Å²) >= 11 is 1.35. The highest BCUT2D eigenvalue weighted by atomic mass is 32.2. The molecule has 1 heterocycles. The zero-order valence-electron chi connectivity index (χ0n) is 13.2. The number of hydroxylamine groups is 1. The second kappa shape index (κ2) is 7.90. The van der Waals surface area contributed by atoms with Crippen molar-refractivity contribution in [2.75, 3.05) is 5.75 Å². The third kappa shape index (κ3) is 4.31. The number of carbonyl (C=O) groups is 1. The van der Waals surface area contributed by atoms with Crippen LogP contribution in [0.5, 0.6) is 0 Å². The number of nitrogens with one attached hydrogen (secondary N) is 1. The van der Waals surface area contributed by atoms with Gasteiger partial charge in [-0.05, 0) is 24.6 Å². The van der Waals surface area contributed by atoms with Crippen molar-refractivity contribution < 1.29 is 9.63 Å². The predicted molar refractivity (Wildman–Crippen MR) is 94.4 cm³/mol. The van der Waals surface area contributed by atoms with Crippen molar-refractivity contribution in [3.8, 4) is 0 Å². The molecule has 0 fully saturated rings. The number of aromatic nitrogens is 2. The Balaban J connectivity index is 1.51. The first-order valence-electron chi connectivity index (χ1n) is 7.53. The lowest BCUT2D eigenvalue weighted by Crippen LogP contribution is -2.25. The summed E-state index contributed by atoms with van der Waals surface area (Å²) in [7, 11) is 0. The second-order valence-electron chi connectivity index (χ2n) is 5.19. The van der Waals surface area contributed by atoms with Crippen molar-refractivity contribution >= 4 is 28.7 Å². The van der Waals surface area contributed by atoms with Gasteiger partial charge >= 0.3 is 0 Å². The fraction of sp³-hybridized carbons (Fsp3) is 0.167. The predicted octanol–water partition coefficient (Wildman–Crippen LogP) is 3.28. The van der Waals surface area contributed by atoms with Crippen LogP contribution >= 0.6 is 11.8 Å². The summed E-state index contributed by atoms with van der Waals surface area (Å²) < 4.78 is 0. The van der Waals surface area contributed by atoms with E-state index in [0.29, 0.717) is 6.61 Å². The van der Waals surface area contributed by atoms with Gasteiger partial charge in [-0.3, -0.25) is 9.63 Å². The lowest BCUT2D eigenvalue weighted by molar-refractivity contribution is -0.131. The van der Waals surface area contributed by atoms with Crippen LogP contribution in [0.15, 0.2) is 59.6 Å². The van der Waals surface area contributed by atoms with Crippen LogP contribution in [0.2, 0.25) is 0 Å². The summed E-state index contributed by atoms with van der Waals surface area (Å²) in [4.78, 5) is 26.2. The van der Waals surface area contributed by atoms with Gasteiger partial charge in [0, 0.05) is 0 Å². The summed E-state index contributed by atoms with van der Waals surface area (Å²) in [5.74, 6) is 0.0214. The molecular weight excluding hydrogens is 322 g/mol. The summed E-state index contributed by atoms with van der Waals surface area (Å²) in [5, 5.41) is 0.756. The van der Waals surface area contributed by atoms with Crippen LogP contribution in [0.1, 0.15) is 11.3 Å². The van der Waals surface area contributed by atoms with Crippen LogP contribution in [-0.4, -0.2) is 21.6 Å². The minimum absolute atomic E-state index is 0.203. The highest BCUT2D eigenvalue weighted by molar-refractivity contribution is 7.99. The molecule has 0 aliphatic heterocycles. The average molecular weight is 339 g/mol. The Labute approximate surface area is 144 Å². The van der Waals surface area contributed by atoms with Crippen LogP contribution in [0.4, 0.5) is 0 Å². The van der Waals surface area contributed by atoms with E-state index in [1.165, 1.54) is 11.8 Å². The van der Waals surface area contributed by atoms with E-state index in [1.807, 2.05) is 61.5 Å². The smallest absolute Gasteiger partial charge is 0.253 e. The number of carbonyl (C=O) groups excluding carboxylic acids is 1. The van der Waals surface area contributed by atoms with E-state index < -0.39 is 0 Å². The third-order valence-corrected chi connectivity index (χ3v) is 4.38. The van der Waals surface area contributed by atoms with Crippen molar-refractivity contribution in [3.63, 3.8) is 0 Å². The molecule has 0 unspecified atom stereocenters. The number of para-hydroxylation sites is 2. The van der Waals surface area contributed by atoms with E-state index in [2.05, 4.69) is 15.4 Å². The van der Waals surface area contributed by atoms with Gasteiger partial charge in [0.15, 0.2) is 0 Å². The molecule has 0 aliphatic carbocycles. The molecule has 3 aromatic rings. The van der Waals surface area contributed by atoms with Gasteiger partial charge in [-0.1, -0.05) is 54.2 Å². The molecule has 0 atom stereocenters. The molecule has 122 valence electrons. The monoisotopic (exact) mass is 339 g/mol. The Morgan fingerprint density at radius 3 is 2.46 bits per heavy atom. The fourth-order valence-corrected chi connectivity index (χ4v) is 2.89. The normalized spacial score (nSPS) is 10.7. The van der Waals surface area contributed by atoms with Crippen LogP contribution in [0.3, 0.4) is 0 Å². The molecule has 3 rings (SSSR count). The first-order chi connectivity index (χ1) is 11.7. The second-order valence-corrected chi connectivity index (χ2v) is 6.16. The molecule has 0 radical (unpaired) electrons. The Bertz CT molecular complexity index is 840. The standard InChI is InChI=1S/C18H17N3O2S/c1-13-18(20-16-10-6-5-9-15(16)19-13)24-12-17(22)21-23-11-14-7-3-2-4-8-14/h2-10H,11-12H2,1H3,(H,21,22). The number of hydrogen-bond donors (Lipinski definition) is 1. The molecule has 0 spiro atoms. The van der Waals surface area contributed by atoms with Crippen molar-refractivity contribution in [2.45, 2.75) is 18.6 Å². The molecule has 2 aromatic carbocycles. The maximum Gasteiger partial charge on any atom is 0.253 e. The lowest BCUT2D eigenvalue weighted by atomic mass is 10.2. The Morgan fingerprint density at radius 2 is 1.71 bits per heavy atom. The van der Waals surface area contributed by atoms with Crippen LogP contribution < -0.4 is 5.48 Å². The van der Waals surface area contributed by atoms with Gasteiger partial charge in [-0.15, -0.1) is 0 Å². The number of amides is 1.